The first-order valence-electron chi connectivity index (χ1n) is 7.74. The summed E-state index contributed by atoms with van der Waals surface area (Å²) in [5.41, 5.74) is 0.913. The van der Waals surface area contributed by atoms with E-state index < -0.39 is 15.9 Å². The third-order valence-corrected chi connectivity index (χ3v) is 5.88. The van der Waals surface area contributed by atoms with Gasteiger partial charge in [-0.25, -0.2) is 8.42 Å². The largest absolute Gasteiger partial charge is 0.296 e. The van der Waals surface area contributed by atoms with Crippen LogP contribution >= 0.6 is 23.1 Å². The highest BCUT2D eigenvalue weighted by molar-refractivity contribution is 7.99. The summed E-state index contributed by atoms with van der Waals surface area (Å²) >= 11 is 2.21. The van der Waals surface area contributed by atoms with Crippen molar-refractivity contribution in [2.24, 2.45) is 0 Å². The molecular formula is C17H13N5O3S3. The number of nitrogens with one attached hydrogen (secondary N) is 2. The summed E-state index contributed by atoms with van der Waals surface area (Å²) in [6.07, 6.45) is 0.999. The van der Waals surface area contributed by atoms with Crippen molar-refractivity contribution < 1.29 is 13.2 Å². The number of aromatic nitrogens is 2. The Hall–Kier alpha value is -2.94. The van der Waals surface area contributed by atoms with Crippen LogP contribution in [0.15, 0.2) is 58.3 Å². The predicted octanol–water partition coefficient (Wildman–Crippen LogP) is 3.18. The van der Waals surface area contributed by atoms with Crippen LogP contribution in [-0.4, -0.2) is 30.8 Å². The van der Waals surface area contributed by atoms with Gasteiger partial charge in [0.25, 0.3) is 5.91 Å². The van der Waals surface area contributed by atoms with E-state index in [1.807, 2.05) is 12.1 Å². The van der Waals surface area contributed by atoms with Gasteiger partial charge in [0.1, 0.15) is 6.07 Å². The second kappa shape index (κ2) is 8.39. The second-order valence-corrected chi connectivity index (χ2v) is 9.26. The van der Waals surface area contributed by atoms with Crippen molar-refractivity contribution >= 4 is 49.3 Å². The highest BCUT2D eigenvalue weighted by Gasteiger charge is 2.16. The lowest BCUT2D eigenvalue weighted by molar-refractivity contribution is 0.102. The van der Waals surface area contributed by atoms with E-state index in [0.29, 0.717) is 16.0 Å². The molecule has 0 radical (unpaired) electrons. The van der Waals surface area contributed by atoms with Gasteiger partial charge >= 0.3 is 0 Å². The minimum atomic E-state index is -3.48. The molecule has 0 aliphatic rings. The molecule has 0 aliphatic heterocycles. The van der Waals surface area contributed by atoms with Crippen molar-refractivity contribution in [2.75, 3.05) is 16.3 Å². The Morgan fingerprint density at radius 2 is 1.71 bits per heavy atom. The number of rotatable bonds is 6. The molecule has 0 saturated heterocycles. The number of sulfonamides is 1. The van der Waals surface area contributed by atoms with E-state index in [1.165, 1.54) is 11.8 Å². The Labute approximate surface area is 169 Å². The molecule has 0 unspecified atom stereocenters. The molecule has 1 aromatic heterocycles. The van der Waals surface area contributed by atoms with E-state index in [0.717, 1.165) is 22.5 Å². The Kier molecular flexibility index (Phi) is 5.93. The molecule has 1 heterocycles. The Morgan fingerprint density at radius 1 is 1.07 bits per heavy atom. The summed E-state index contributed by atoms with van der Waals surface area (Å²) in [4.78, 5) is 14.1. The number of hydrogen-bond acceptors (Lipinski definition) is 8. The van der Waals surface area contributed by atoms with Gasteiger partial charge in [-0.2, -0.15) is 5.26 Å². The molecule has 28 heavy (non-hydrogen) atoms. The van der Waals surface area contributed by atoms with E-state index in [1.54, 1.807) is 36.4 Å². The normalized spacial score (nSPS) is 10.9. The number of hydrogen-bond donors (Lipinski definition) is 2. The Bertz CT molecular complexity index is 1170. The van der Waals surface area contributed by atoms with Crippen molar-refractivity contribution in [3.8, 4) is 6.07 Å². The fraction of sp³-hybridized carbons (Fsp3) is 0.0588. The van der Waals surface area contributed by atoms with E-state index in [4.69, 9.17) is 0 Å². The molecule has 0 atom stereocenters. The highest BCUT2D eigenvalue weighted by Crippen LogP contribution is 2.33. The zero-order chi connectivity index (χ0) is 20.1. The van der Waals surface area contributed by atoms with Crippen LogP contribution in [0.4, 0.5) is 10.3 Å². The maximum Gasteiger partial charge on any atom is 0.258 e. The molecule has 3 rings (SSSR count). The van der Waals surface area contributed by atoms with Gasteiger partial charge in [-0.3, -0.25) is 14.8 Å². The Balaban J connectivity index is 1.81. The third kappa shape index (κ3) is 5.07. The smallest absolute Gasteiger partial charge is 0.258 e. The van der Waals surface area contributed by atoms with Crippen molar-refractivity contribution in [3.63, 3.8) is 0 Å². The summed E-state index contributed by atoms with van der Waals surface area (Å²) in [6, 6.07) is 16.2. The molecule has 142 valence electrons. The first-order chi connectivity index (χ1) is 13.4. The number of nitriles is 1. The molecular weight excluding hydrogens is 418 g/mol. The topological polar surface area (TPSA) is 125 Å². The fourth-order valence-corrected chi connectivity index (χ4v) is 4.64. The summed E-state index contributed by atoms with van der Waals surface area (Å²) < 4.78 is 24.7. The van der Waals surface area contributed by atoms with Crippen LogP contribution in [0.1, 0.15) is 15.9 Å². The van der Waals surface area contributed by atoms with Crippen LogP contribution in [0.25, 0.3) is 0 Å². The van der Waals surface area contributed by atoms with Gasteiger partial charge in [0.15, 0.2) is 0 Å². The van der Waals surface area contributed by atoms with Crippen LogP contribution in [0.5, 0.6) is 0 Å². The lowest BCUT2D eigenvalue weighted by Gasteiger charge is -2.09. The Morgan fingerprint density at radius 3 is 2.43 bits per heavy atom. The average molecular weight is 432 g/mol. The van der Waals surface area contributed by atoms with E-state index in [9.17, 15) is 18.5 Å². The number of nitrogens with zero attached hydrogens (tertiary/aromatic N) is 3. The van der Waals surface area contributed by atoms with Gasteiger partial charge in [0.05, 0.1) is 17.4 Å². The van der Waals surface area contributed by atoms with Crippen LogP contribution < -0.4 is 10.0 Å². The summed E-state index contributed by atoms with van der Waals surface area (Å²) in [5.74, 6) is -0.417. The maximum absolute atomic E-state index is 12.7. The summed E-state index contributed by atoms with van der Waals surface area (Å²) in [7, 11) is -3.48. The molecule has 11 heteroatoms. The maximum atomic E-state index is 12.7. The van der Waals surface area contributed by atoms with Gasteiger partial charge in [0, 0.05) is 9.79 Å². The minimum absolute atomic E-state index is 0.0587. The molecule has 3 aromatic rings. The molecule has 0 spiro atoms. The standard InChI is InChI=1S/C17H13N5O3S3/c1-28(24,25)22-17-21-20-16(27-17)19-15(23)12-7-3-5-9-14(12)26-13-8-4-2-6-11(13)10-18/h2-9H,1H3,(H,21,22)(H,19,20,23). The molecule has 2 N–H and O–H groups in total. The van der Waals surface area contributed by atoms with Crippen LogP contribution in [0, 0.1) is 11.3 Å². The van der Waals surface area contributed by atoms with Crippen molar-refractivity contribution in [2.45, 2.75) is 9.79 Å². The van der Waals surface area contributed by atoms with Gasteiger partial charge in [-0.1, -0.05) is 47.4 Å². The number of carbonyl (C=O) groups is 1. The third-order valence-electron chi connectivity index (χ3n) is 3.28. The lowest BCUT2D eigenvalue weighted by Crippen LogP contribution is -2.12. The lowest BCUT2D eigenvalue weighted by atomic mass is 10.2. The molecule has 8 nitrogen and oxygen atoms in total. The zero-order valence-electron chi connectivity index (χ0n) is 14.4. The number of anilines is 2. The van der Waals surface area contributed by atoms with Crippen molar-refractivity contribution in [3.05, 3.63) is 59.7 Å². The van der Waals surface area contributed by atoms with Crippen molar-refractivity contribution in [1.82, 2.24) is 10.2 Å². The van der Waals surface area contributed by atoms with Gasteiger partial charge in [-0.15, -0.1) is 10.2 Å². The van der Waals surface area contributed by atoms with E-state index in [-0.39, 0.29) is 10.3 Å². The summed E-state index contributed by atoms with van der Waals surface area (Å²) in [6.45, 7) is 0. The average Bonchev–Trinajstić information content (AvgIpc) is 3.07. The van der Waals surface area contributed by atoms with Gasteiger partial charge in [-0.05, 0) is 24.3 Å². The number of amides is 1. The SMILES string of the molecule is CS(=O)(=O)Nc1nnc(NC(=O)c2ccccc2Sc2ccccc2C#N)s1. The van der Waals surface area contributed by atoms with Crippen LogP contribution in [0.2, 0.25) is 0 Å². The molecule has 2 aromatic carbocycles. The van der Waals surface area contributed by atoms with Gasteiger partial charge < -0.3 is 0 Å². The van der Waals surface area contributed by atoms with E-state index >= 15 is 0 Å². The summed E-state index contributed by atoms with van der Waals surface area (Å²) in [5, 5.41) is 19.5. The zero-order valence-corrected chi connectivity index (χ0v) is 16.9. The fourth-order valence-electron chi connectivity index (χ4n) is 2.15. The molecule has 0 saturated carbocycles. The molecule has 0 aliphatic carbocycles. The highest BCUT2D eigenvalue weighted by atomic mass is 32.2. The van der Waals surface area contributed by atoms with Gasteiger partial charge in [0.2, 0.25) is 20.3 Å². The number of carbonyl (C=O) groups excluding carboxylic acids is 1. The van der Waals surface area contributed by atoms with Crippen LogP contribution in [0.3, 0.4) is 0 Å². The molecule has 0 fully saturated rings. The first-order valence-corrected chi connectivity index (χ1v) is 11.3. The predicted molar refractivity (Wildman–Crippen MR) is 108 cm³/mol. The van der Waals surface area contributed by atoms with Crippen molar-refractivity contribution in [1.29, 1.82) is 5.26 Å². The first kappa shape index (κ1) is 19.8. The monoisotopic (exact) mass is 431 g/mol. The van der Waals surface area contributed by atoms with Crippen LogP contribution in [-0.2, 0) is 10.0 Å². The second-order valence-electron chi connectivity index (χ2n) is 5.45. The molecule has 0 bridgehead atoms. The number of benzene rings is 2. The minimum Gasteiger partial charge on any atom is -0.296 e. The van der Waals surface area contributed by atoms with E-state index in [2.05, 4.69) is 26.3 Å². The molecule has 1 amide bonds. The quantitative estimate of drug-likeness (QED) is 0.614.